The van der Waals surface area contributed by atoms with Crippen molar-refractivity contribution in [2.24, 2.45) is 0 Å². The van der Waals surface area contributed by atoms with E-state index in [0.717, 1.165) is 30.8 Å². The maximum Gasteiger partial charge on any atom is 0.414 e. The van der Waals surface area contributed by atoms with Gasteiger partial charge in [0.2, 0.25) is 0 Å². The van der Waals surface area contributed by atoms with Gasteiger partial charge in [-0.3, -0.25) is 9.88 Å². The van der Waals surface area contributed by atoms with Gasteiger partial charge in [0.05, 0.1) is 18.0 Å². The Labute approximate surface area is 101 Å². The molecule has 0 N–H and O–H groups in total. The number of aromatic nitrogens is 1. The number of carbonyl (C=O) groups is 1. The molecule has 4 nitrogen and oxygen atoms in total. The number of fused-ring (bicyclic) bond motifs is 1. The zero-order valence-electron chi connectivity index (χ0n) is 9.18. The lowest BCUT2D eigenvalue weighted by molar-refractivity contribution is 0.159. The van der Waals surface area contributed by atoms with E-state index < -0.39 is 0 Å². The highest BCUT2D eigenvalue weighted by Crippen LogP contribution is 2.25. The molecule has 2 heterocycles. The van der Waals surface area contributed by atoms with Crippen LogP contribution in [0.25, 0.3) is 0 Å². The Morgan fingerprint density at radius 2 is 2.44 bits per heavy atom. The van der Waals surface area contributed by atoms with Crippen LogP contribution in [0.2, 0.25) is 0 Å². The van der Waals surface area contributed by atoms with Crippen LogP contribution in [0.4, 0.5) is 10.5 Å². The van der Waals surface area contributed by atoms with E-state index >= 15 is 0 Å². The fraction of sp³-hybridized carbons (Fsp3) is 0.455. The van der Waals surface area contributed by atoms with Crippen molar-refractivity contribution in [2.75, 3.05) is 18.1 Å². The summed E-state index contributed by atoms with van der Waals surface area (Å²) in [5, 5.41) is 0. The van der Waals surface area contributed by atoms with E-state index in [9.17, 15) is 4.79 Å². The molecule has 0 spiro atoms. The van der Waals surface area contributed by atoms with Gasteiger partial charge in [0.1, 0.15) is 0 Å². The maximum absolute atomic E-state index is 11.6. The summed E-state index contributed by atoms with van der Waals surface area (Å²) in [7, 11) is 0. The third kappa shape index (κ3) is 2.44. The summed E-state index contributed by atoms with van der Waals surface area (Å²) in [6.07, 6.45) is 3.37. The topological polar surface area (TPSA) is 42.4 Å². The summed E-state index contributed by atoms with van der Waals surface area (Å²) in [5.74, 6) is 0. The molecule has 16 heavy (non-hydrogen) atoms. The van der Waals surface area contributed by atoms with Crippen molar-refractivity contribution in [3.63, 3.8) is 0 Å². The number of nitrogens with zero attached hydrogens (tertiary/aromatic N) is 2. The Morgan fingerprint density at radius 1 is 1.62 bits per heavy atom. The number of hydrogen-bond donors (Lipinski definition) is 0. The molecule has 88 valence electrons. The monoisotopic (exact) mass is 242 g/mol. The van der Waals surface area contributed by atoms with Crippen LogP contribution in [0.1, 0.15) is 19.0 Å². The number of aryl methyl sites for hydroxylation is 1. The summed E-state index contributed by atoms with van der Waals surface area (Å²) in [6, 6.07) is 3.76. The fourth-order valence-electron chi connectivity index (χ4n) is 1.78. The summed E-state index contributed by atoms with van der Waals surface area (Å²) in [4.78, 5) is 17.6. The summed E-state index contributed by atoms with van der Waals surface area (Å²) in [5.41, 5.74) is 1.87. The number of amides is 1. The lowest BCUT2D eigenvalue weighted by Crippen LogP contribution is -2.36. The molecule has 1 aromatic rings. The highest BCUT2D eigenvalue weighted by atomic mass is 35.5. The maximum atomic E-state index is 11.6. The third-order valence-corrected chi connectivity index (χ3v) is 2.44. The molecule has 1 aliphatic heterocycles. The molecule has 0 fully saturated rings. The fourth-order valence-corrected chi connectivity index (χ4v) is 1.78. The van der Waals surface area contributed by atoms with Gasteiger partial charge in [0, 0.05) is 12.7 Å². The first-order valence-electron chi connectivity index (χ1n) is 5.21. The predicted molar refractivity (Wildman–Crippen MR) is 64.2 cm³/mol. The van der Waals surface area contributed by atoms with Crippen LogP contribution in [0.5, 0.6) is 0 Å². The first-order valence-corrected chi connectivity index (χ1v) is 5.21. The molecule has 1 aliphatic rings. The van der Waals surface area contributed by atoms with Gasteiger partial charge in [-0.2, -0.15) is 0 Å². The van der Waals surface area contributed by atoms with Gasteiger partial charge < -0.3 is 4.74 Å². The minimum atomic E-state index is -0.272. The average Bonchev–Trinajstić information content (AvgIpc) is 2.28. The van der Waals surface area contributed by atoms with E-state index in [1.807, 2.05) is 19.1 Å². The second-order valence-corrected chi connectivity index (χ2v) is 3.42. The van der Waals surface area contributed by atoms with E-state index in [1.165, 1.54) is 0 Å². The molecule has 0 aromatic carbocycles. The smallest absolute Gasteiger partial charge is 0.414 e. The number of carbonyl (C=O) groups excluding carboxylic acids is 1. The van der Waals surface area contributed by atoms with Crippen molar-refractivity contribution in [2.45, 2.75) is 19.8 Å². The lowest BCUT2D eigenvalue weighted by Gasteiger charge is -2.27. The first-order chi connectivity index (χ1) is 7.33. The van der Waals surface area contributed by atoms with Crippen LogP contribution in [0.3, 0.4) is 0 Å². The van der Waals surface area contributed by atoms with Gasteiger partial charge in [0.15, 0.2) is 0 Å². The van der Waals surface area contributed by atoms with Crippen molar-refractivity contribution in [3.8, 4) is 0 Å². The molecule has 0 saturated heterocycles. The van der Waals surface area contributed by atoms with Gasteiger partial charge in [0.25, 0.3) is 0 Å². The van der Waals surface area contributed by atoms with E-state index in [-0.39, 0.29) is 18.5 Å². The number of anilines is 1. The van der Waals surface area contributed by atoms with Gasteiger partial charge >= 0.3 is 6.09 Å². The number of hydrogen-bond acceptors (Lipinski definition) is 3. The predicted octanol–water partition coefficient (Wildman–Crippen LogP) is 2.41. The molecular formula is C11H15ClN2O2. The molecule has 0 radical (unpaired) electrons. The Kier molecular flexibility index (Phi) is 4.55. The molecule has 1 amide bonds. The zero-order valence-corrected chi connectivity index (χ0v) is 10.00. The van der Waals surface area contributed by atoms with Crippen molar-refractivity contribution in [1.82, 2.24) is 4.98 Å². The minimum absolute atomic E-state index is 0. The van der Waals surface area contributed by atoms with Crippen LogP contribution < -0.4 is 4.90 Å². The molecular weight excluding hydrogens is 228 g/mol. The van der Waals surface area contributed by atoms with Crippen molar-refractivity contribution in [1.29, 1.82) is 0 Å². The summed E-state index contributed by atoms with van der Waals surface area (Å²) in [6.45, 7) is 2.94. The van der Waals surface area contributed by atoms with Crippen LogP contribution in [-0.2, 0) is 11.2 Å². The standard InChI is InChI=1S/C11H14N2O2.ClH/c1-2-15-11(14)13-8-4-5-9-10(13)6-3-7-12-9;/h3,6-7H,2,4-5,8H2,1H3;1H. The van der Waals surface area contributed by atoms with Crippen molar-refractivity contribution < 1.29 is 9.53 Å². The Morgan fingerprint density at radius 3 is 3.19 bits per heavy atom. The van der Waals surface area contributed by atoms with Gasteiger partial charge in [-0.15, -0.1) is 12.4 Å². The van der Waals surface area contributed by atoms with Crippen LogP contribution in [-0.4, -0.2) is 24.2 Å². The number of halogens is 1. The number of pyridine rings is 1. The lowest BCUT2D eigenvalue weighted by atomic mass is 10.1. The Hall–Kier alpha value is -1.29. The quantitative estimate of drug-likeness (QED) is 0.760. The van der Waals surface area contributed by atoms with E-state index in [4.69, 9.17) is 4.74 Å². The minimum Gasteiger partial charge on any atom is -0.449 e. The molecule has 0 atom stereocenters. The second kappa shape index (κ2) is 5.70. The highest BCUT2D eigenvalue weighted by molar-refractivity contribution is 5.88. The highest BCUT2D eigenvalue weighted by Gasteiger charge is 2.23. The largest absolute Gasteiger partial charge is 0.449 e. The van der Waals surface area contributed by atoms with E-state index in [1.54, 1.807) is 11.1 Å². The average molecular weight is 243 g/mol. The number of ether oxygens (including phenoxy) is 1. The van der Waals surface area contributed by atoms with Crippen molar-refractivity contribution in [3.05, 3.63) is 24.0 Å². The van der Waals surface area contributed by atoms with Crippen LogP contribution >= 0.6 is 12.4 Å². The third-order valence-electron chi connectivity index (χ3n) is 2.44. The second-order valence-electron chi connectivity index (χ2n) is 3.42. The Balaban J connectivity index is 0.00000128. The molecule has 2 rings (SSSR count). The molecule has 0 aliphatic carbocycles. The molecule has 5 heteroatoms. The SMILES string of the molecule is CCOC(=O)N1CCCc2ncccc21.Cl. The molecule has 0 bridgehead atoms. The Bertz CT molecular complexity index is 371. The van der Waals surface area contributed by atoms with Gasteiger partial charge in [-0.05, 0) is 31.9 Å². The van der Waals surface area contributed by atoms with Gasteiger partial charge in [-0.1, -0.05) is 0 Å². The van der Waals surface area contributed by atoms with Crippen molar-refractivity contribution >= 4 is 24.2 Å². The van der Waals surface area contributed by atoms with E-state index in [2.05, 4.69) is 4.98 Å². The van der Waals surface area contributed by atoms with Gasteiger partial charge in [-0.25, -0.2) is 4.79 Å². The first kappa shape index (κ1) is 12.8. The summed E-state index contributed by atoms with van der Waals surface area (Å²) < 4.78 is 5.00. The number of rotatable bonds is 1. The normalized spacial score (nSPS) is 13.7. The van der Waals surface area contributed by atoms with Crippen LogP contribution in [0, 0.1) is 0 Å². The van der Waals surface area contributed by atoms with Crippen LogP contribution in [0.15, 0.2) is 18.3 Å². The summed E-state index contributed by atoms with van der Waals surface area (Å²) >= 11 is 0. The van der Waals surface area contributed by atoms with E-state index in [0.29, 0.717) is 6.61 Å². The molecule has 1 aromatic heterocycles. The molecule has 0 saturated carbocycles. The molecule has 0 unspecified atom stereocenters. The zero-order chi connectivity index (χ0) is 10.7.